The minimum absolute atomic E-state index is 0.126. The highest BCUT2D eigenvalue weighted by Crippen LogP contribution is 2.22. The smallest absolute Gasteiger partial charge is 0.354 e. The van der Waals surface area contributed by atoms with E-state index in [9.17, 15) is 9.90 Å². The minimum atomic E-state index is -1.01. The average molecular weight is 293 g/mol. The number of aromatic carboxylic acids is 1. The number of hydrogen-bond acceptors (Lipinski definition) is 3. The zero-order valence-corrected chi connectivity index (χ0v) is 12.1. The van der Waals surface area contributed by atoms with Gasteiger partial charge >= 0.3 is 5.97 Å². The Balaban J connectivity index is 2.19. The second-order valence-corrected chi connectivity index (χ2v) is 4.83. The van der Waals surface area contributed by atoms with Gasteiger partial charge in [0.2, 0.25) is 0 Å². The van der Waals surface area contributed by atoms with E-state index in [-0.39, 0.29) is 5.69 Å². The molecule has 2 aromatic heterocycles. The van der Waals surface area contributed by atoms with E-state index in [0.717, 1.165) is 17.7 Å². The topological polar surface area (TPSA) is 68.0 Å². The summed E-state index contributed by atoms with van der Waals surface area (Å²) in [6.45, 7) is 2.03. The van der Waals surface area contributed by atoms with Crippen LogP contribution < -0.4 is 0 Å². The molecule has 0 aliphatic rings. The molecule has 22 heavy (non-hydrogen) atoms. The Hall–Kier alpha value is -2.95. The van der Waals surface area contributed by atoms with Gasteiger partial charge < -0.3 is 5.11 Å². The summed E-state index contributed by atoms with van der Waals surface area (Å²) in [5.41, 5.74) is 3.15. The van der Waals surface area contributed by atoms with Crippen LogP contribution in [-0.4, -0.2) is 25.8 Å². The maximum atomic E-state index is 11.6. The fraction of sp³-hybridized carbons (Fsp3) is 0.118. The third kappa shape index (κ3) is 2.48. The summed E-state index contributed by atoms with van der Waals surface area (Å²) < 4.78 is 1.48. The Bertz CT molecular complexity index is 810. The molecule has 0 bridgehead atoms. The van der Waals surface area contributed by atoms with Crippen molar-refractivity contribution in [3.8, 4) is 17.1 Å². The van der Waals surface area contributed by atoms with Crippen molar-refractivity contribution in [1.29, 1.82) is 0 Å². The van der Waals surface area contributed by atoms with E-state index in [0.29, 0.717) is 11.4 Å². The van der Waals surface area contributed by atoms with Crippen LogP contribution in [-0.2, 0) is 6.42 Å². The number of carboxylic acids is 1. The zero-order chi connectivity index (χ0) is 15.5. The van der Waals surface area contributed by atoms with Crippen molar-refractivity contribution in [2.75, 3.05) is 0 Å². The molecule has 0 unspecified atom stereocenters. The van der Waals surface area contributed by atoms with Crippen molar-refractivity contribution in [2.24, 2.45) is 0 Å². The Labute approximate surface area is 127 Å². The first-order valence-corrected chi connectivity index (χ1v) is 7.03. The van der Waals surface area contributed by atoms with Gasteiger partial charge in [0.15, 0.2) is 5.69 Å². The number of rotatable bonds is 4. The van der Waals surface area contributed by atoms with Crippen molar-refractivity contribution in [1.82, 2.24) is 14.8 Å². The van der Waals surface area contributed by atoms with Crippen LogP contribution in [0.3, 0.4) is 0 Å². The molecule has 1 aromatic carbocycles. The van der Waals surface area contributed by atoms with E-state index < -0.39 is 5.97 Å². The predicted octanol–water partition coefficient (Wildman–Crippen LogP) is 3.19. The van der Waals surface area contributed by atoms with E-state index >= 15 is 0 Å². The zero-order valence-electron chi connectivity index (χ0n) is 12.1. The Morgan fingerprint density at radius 3 is 2.59 bits per heavy atom. The average Bonchev–Trinajstić information content (AvgIpc) is 3.01. The van der Waals surface area contributed by atoms with Crippen LogP contribution in [0.25, 0.3) is 17.1 Å². The molecular formula is C17H15N3O2. The number of aromatic nitrogens is 3. The number of nitrogens with zero attached hydrogens (tertiary/aromatic N) is 3. The third-order valence-electron chi connectivity index (χ3n) is 3.46. The SMILES string of the molecule is CCc1ccccc1-n1nc(-c2ccccn2)cc1C(=O)O. The lowest BCUT2D eigenvalue weighted by Crippen LogP contribution is -2.09. The first-order valence-electron chi connectivity index (χ1n) is 7.03. The summed E-state index contributed by atoms with van der Waals surface area (Å²) in [7, 11) is 0. The van der Waals surface area contributed by atoms with Gasteiger partial charge in [-0.2, -0.15) is 5.10 Å². The number of hydrogen-bond donors (Lipinski definition) is 1. The molecule has 0 saturated heterocycles. The first-order chi connectivity index (χ1) is 10.7. The standard InChI is InChI=1S/C17H15N3O2/c1-2-12-7-3-4-9-15(12)20-16(17(21)22)11-14(19-20)13-8-5-6-10-18-13/h3-11H,2H2,1H3,(H,21,22). The van der Waals surface area contributed by atoms with Crippen LogP contribution in [0.1, 0.15) is 23.0 Å². The number of pyridine rings is 1. The lowest BCUT2D eigenvalue weighted by atomic mass is 10.1. The fourth-order valence-corrected chi connectivity index (χ4v) is 2.37. The fourth-order valence-electron chi connectivity index (χ4n) is 2.37. The van der Waals surface area contributed by atoms with Crippen LogP contribution in [0.4, 0.5) is 0 Å². The van der Waals surface area contributed by atoms with E-state index in [4.69, 9.17) is 0 Å². The molecule has 2 heterocycles. The van der Waals surface area contributed by atoms with Crippen LogP contribution in [0.2, 0.25) is 0 Å². The summed E-state index contributed by atoms with van der Waals surface area (Å²) >= 11 is 0. The molecule has 3 rings (SSSR count). The van der Waals surface area contributed by atoms with Crippen molar-refractivity contribution in [3.05, 3.63) is 66.0 Å². The number of benzene rings is 1. The Morgan fingerprint density at radius 2 is 1.91 bits per heavy atom. The van der Waals surface area contributed by atoms with Gasteiger partial charge in [0.05, 0.1) is 11.4 Å². The quantitative estimate of drug-likeness (QED) is 0.802. The highest BCUT2D eigenvalue weighted by Gasteiger charge is 2.18. The van der Waals surface area contributed by atoms with Crippen molar-refractivity contribution < 1.29 is 9.90 Å². The summed E-state index contributed by atoms with van der Waals surface area (Å²) in [5, 5.41) is 13.9. The number of carbonyl (C=O) groups is 1. The van der Waals surface area contributed by atoms with Crippen LogP contribution in [0.15, 0.2) is 54.7 Å². The van der Waals surface area contributed by atoms with Crippen molar-refractivity contribution >= 4 is 5.97 Å². The Kier molecular flexibility index (Phi) is 3.70. The summed E-state index contributed by atoms with van der Waals surface area (Å²) in [6.07, 6.45) is 2.46. The van der Waals surface area contributed by atoms with Gasteiger partial charge in [-0.1, -0.05) is 31.2 Å². The molecular weight excluding hydrogens is 278 g/mol. The second kappa shape index (κ2) is 5.81. The number of aryl methyl sites for hydroxylation is 1. The molecule has 0 aliphatic carbocycles. The maximum absolute atomic E-state index is 11.6. The molecule has 1 N–H and O–H groups in total. The van der Waals surface area contributed by atoms with Gasteiger partial charge in [-0.25, -0.2) is 9.48 Å². The van der Waals surface area contributed by atoms with Crippen molar-refractivity contribution in [2.45, 2.75) is 13.3 Å². The Morgan fingerprint density at radius 1 is 1.14 bits per heavy atom. The lowest BCUT2D eigenvalue weighted by molar-refractivity contribution is 0.0687. The highest BCUT2D eigenvalue weighted by molar-refractivity contribution is 5.88. The van der Waals surface area contributed by atoms with Gasteiger partial charge in [-0.3, -0.25) is 4.98 Å². The predicted molar refractivity (Wildman–Crippen MR) is 83.1 cm³/mol. The monoisotopic (exact) mass is 293 g/mol. The van der Waals surface area contributed by atoms with Gasteiger partial charge in [0.25, 0.3) is 0 Å². The summed E-state index contributed by atoms with van der Waals surface area (Å²) in [5.74, 6) is -1.01. The molecule has 5 nitrogen and oxygen atoms in total. The molecule has 0 atom stereocenters. The molecule has 0 spiro atoms. The summed E-state index contributed by atoms with van der Waals surface area (Å²) in [4.78, 5) is 15.8. The van der Waals surface area contributed by atoms with E-state index in [1.54, 1.807) is 12.3 Å². The van der Waals surface area contributed by atoms with Gasteiger partial charge in [-0.15, -0.1) is 0 Å². The second-order valence-electron chi connectivity index (χ2n) is 4.83. The first kappa shape index (κ1) is 14.0. The molecule has 5 heteroatoms. The van der Waals surface area contributed by atoms with Gasteiger partial charge in [0.1, 0.15) is 5.69 Å². The lowest BCUT2D eigenvalue weighted by Gasteiger charge is -2.09. The molecule has 110 valence electrons. The van der Waals surface area contributed by atoms with Gasteiger partial charge in [-0.05, 0) is 30.2 Å². The maximum Gasteiger partial charge on any atom is 0.354 e. The molecule has 3 aromatic rings. The normalized spacial score (nSPS) is 10.6. The van der Waals surface area contributed by atoms with E-state index in [1.165, 1.54) is 4.68 Å². The molecule has 0 saturated carbocycles. The van der Waals surface area contributed by atoms with E-state index in [2.05, 4.69) is 10.1 Å². The van der Waals surface area contributed by atoms with E-state index in [1.807, 2.05) is 49.4 Å². The number of para-hydroxylation sites is 1. The van der Waals surface area contributed by atoms with Crippen molar-refractivity contribution in [3.63, 3.8) is 0 Å². The van der Waals surface area contributed by atoms with Crippen LogP contribution in [0.5, 0.6) is 0 Å². The van der Waals surface area contributed by atoms with Crippen LogP contribution >= 0.6 is 0 Å². The molecule has 0 amide bonds. The largest absolute Gasteiger partial charge is 0.477 e. The third-order valence-corrected chi connectivity index (χ3v) is 3.46. The van der Waals surface area contributed by atoms with Gasteiger partial charge in [0, 0.05) is 12.3 Å². The molecule has 0 radical (unpaired) electrons. The molecule has 0 fully saturated rings. The van der Waals surface area contributed by atoms with Crippen LogP contribution in [0, 0.1) is 0 Å². The highest BCUT2D eigenvalue weighted by atomic mass is 16.4. The minimum Gasteiger partial charge on any atom is -0.477 e. The number of carboxylic acid groups (broad SMARTS) is 1. The molecule has 0 aliphatic heterocycles. The summed E-state index contributed by atoms with van der Waals surface area (Å²) in [6, 6.07) is 14.7.